The molecule has 2 N–H and O–H groups in total. The first-order valence-electron chi connectivity index (χ1n) is 5.85. The lowest BCUT2D eigenvalue weighted by Crippen LogP contribution is -2.41. The summed E-state index contributed by atoms with van der Waals surface area (Å²) < 4.78 is 5.53. The molecule has 2 unspecified atom stereocenters. The number of rotatable bonds is 3. The van der Waals surface area contributed by atoms with Crippen LogP contribution in [0.25, 0.3) is 0 Å². The van der Waals surface area contributed by atoms with Gasteiger partial charge in [-0.15, -0.1) is 0 Å². The summed E-state index contributed by atoms with van der Waals surface area (Å²) in [5, 5.41) is 12.9. The van der Waals surface area contributed by atoms with Crippen LogP contribution in [-0.4, -0.2) is 29.3 Å². The summed E-state index contributed by atoms with van der Waals surface area (Å²) in [6.07, 6.45) is 0.880. The summed E-state index contributed by atoms with van der Waals surface area (Å²) in [6, 6.07) is 4.83. The highest BCUT2D eigenvalue weighted by Gasteiger charge is 2.37. The molecule has 0 amide bonds. The van der Waals surface area contributed by atoms with E-state index in [1.54, 1.807) is 12.1 Å². The number of ether oxygens (including phenoxy) is 1. The molecule has 1 aliphatic rings. The second-order valence-electron chi connectivity index (χ2n) is 4.80. The van der Waals surface area contributed by atoms with Gasteiger partial charge in [0.25, 0.3) is 0 Å². The summed E-state index contributed by atoms with van der Waals surface area (Å²) in [6.45, 7) is 4.70. The molecule has 4 nitrogen and oxygen atoms in total. The molecule has 0 saturated carbocycles. The van der Waals surface area contributed by atoms with Gasteiger partial charge in [0.15, 0.2) is 0 Å². The average molecular weight is 270 g/mol. The van der Waals surface area contributed by atoms with Gasteiger partial charge in [0.1, 0.15) is 0 Å². The fourth-order valence-electron chi connectivity index (χ4n) is 2.11. The maximum absolute atomic E-state index is 11.2. The van der Waals surface area contributed by atoms with E-state index in [-0.39, 0.29) is 17.2 Å². The van der Waals surface area contributed by atoms with Crippen molar-refractivity contribution in [3.8, 4) is 0 Å². The molecule has 1 saturated heterocycles. The monoisotopic (exact) mass is 269 g/mol. The van der Waals surface area contributed by atoms with Crippen molar-refractivity contribution < 1.29 is 14.6 Å². The summed E-state index contributed by atoms with van der Waals surface area (Å²) in [5.41, 5.74) is 0.507. The number of carboxylic acid groups (broad SMARTS) is 1. The van der Waals surface area contributed by atoms with Gasteiger partial charge in [-0.25, -0.2) is 4.79 Å². The molecule has 0 bridgehead atoms. The highest BCUT2D eigenvalue weighted by atomic mass is 35.5. The number of hydrogen-bond donors (Lipinski definition) is 2. The molecular weight excluding hydrogens is 254 g/mol. The van der Waals surface area contributed by atoms with Crippen molar-refractivity contribution in [2.45, 2.75) is 31.9 Å². The Morgan fingerprint density at radius 1 is 1.61 bits per heavy atom. The summed E-state index contributed by atoms with van der Waals surface area (Å²) in [4.78, 5) is 11.2. The van der Waals surface area contributed by atoms with Crippen LogP contribution in [0, 0.1) is 0 Å². The van der Waals surface area contributed by atoms with E-state index in [9.17, 15) is 9.90 Å². The van der Waals surface area contributed by atoms with Crippen LogP contribution in [0.2, 0.25) is 5.02 Å². The number of nitrogens with one attached hydrogen (secondary N) is 1. The number of carboxylic acids is 1. The Kier molecular flexibility index (Phi) is 3.50. The van der Waals surface area contributed by atoms with Crippen molar-refractivity contribution in [1.82, 2.24) is 0 Å². The number of halogens is 1. The highest BCUT2D eigenvalue weighted by molar-refractivity contribution is 6.31. The lowest BCUT2D eigenvalue weighted by atomic mass is 9.93. The van der Waals surface area contributed by atoms with Crippen LogP contribution >= 0.6 is 11.6 Å². The quantitative estimate of drug-likeness (QED) is 0.886. The van der Waals surface area contributed by atoms with Gasteiger partial charge < -0.3 is 15.2 Å². The van der Waals surface area contributed by atoms with Gasteiger partial charge in [0.2, 0.25) is 0 Å². The molecule has 1 aliphatic heterocycles. The van der Waals surface area contributed by atoms with Crippen LogP contribution in [0.4, 0.5) is 5.69 Å². The van der Waals surface area contributed by atoms with Gasteiger partial charge in [-0.3, -0.25) is 0 Å². The lowest BCUT2D eigenvalue weighted by molar-refractivity contribution is 0.0697. The predicted molar refractivity (Wildman–Crippen MR) is 70.5 cm³/mol. The topological polar surface area (TPSA) is 58.6 Å². The van der Waals surface area contributed by atoms with Crippen LogP contribution in [0.15, 0.2) is 18.2 Å². The van der Waals surface area contributed by atoms with Crippen molar-refractivity contribution in [2.75, 3.05) is 11.9 Å². The molecule has 0 spiro atoms. The zero-order valence-electron chi connectivity index (χ0n) is 10.4. The second-order valence-corrected chi connectivity index (χ2v) is 5.24. The third-order valence-electron chi connectivity index (χ3n) is 3.52. The molecule has 1 aromatic carbocycles. The maximum Gasteiger partial charge on any atom is 0.337 e. The van der Waals surface area contributed by atoms with E-state index in [2.05, 4.69) is 5.32 Å². The molecule has 1 fully saturated rings. The Bertz CT molecular complexity index is 477. The molecule has 0 radical (unpaired) electrons. The first-order valence-corrected chi connectivity index (χ1v) is 6.23. The zero-order valence-corrected chi connectivity index (χ0v) is 11.1. The third kappa shape index (κ3) is 2.44. The van der Waals surface area contributed by atoms with Gasteiger partial charge in [-0.2, -0.15) is 0 Å². The SMILES string of the molecule is CC1OCCC1(C)Nc1ccc(Cl)cc1C(=O)O. The standard InChI is InChI=1S/C13H16ClNO3/c1-8-13(2,5-6-18-8)15-11-4-3-9(14)7-10(11)12(16)17/h3-4,7-8,15H,5-6H2,1-2H3,(H,16,17). The van der Waals surface area contributed by atoms with E-state index < -0.39 is 5.97 Å². The Balaban J connectivity index is 2.31. The van der Waals surface area contributed by atoms with E-state index in [4.69, 9.17) is 16.3 Å². The Morgan fingerprint density at radius 3 is 2.89 bits per heavy atom. The minimum absolute atomic E-state index is 0.0369. The van der Waals surface area contributed by atoms with Crippen molar-refractivity contribution in [3.05, 3.63) is 28.8 Å². The molecule has 1 aromatic rings. The largest absolute Gasteiger partial charge is 0.478 e. The predicted octanol–water partition coefficient (Wildman–Crippen LogP) is 3.02. The molecule has 5 heteroatoms. The molecule has 0 aliphatic carbocycles. The van der Waals surface area contributed by atoms with E-state index >= 15 is 0 Å². The number of carbonyl (C=O) groups is 1. The molecule has 2 atom stereocenters. The summed E-state index contributed by atoms with van der Waals surface area (Å²) in [7, 11) is 0. The van der Waals surface area contributed by atoms with E-state index in [1.165, 1.54) is 6.07 Å². The Morgan fingerprint density at radius 2 is 2.33 bits per heavy atom. The minimum atomic E-state index is -0.991. The second kappa shape index (κ2) is 4.78. The average Bonchev–Trinajstić information content (AvgIpc) is 2.61. The summed E-state index contributed by atoms with van der Waals surface area (Å²) >= 11 is 5.83. The molecule has 18 heavy (non-hydrogen) atoms. The van der Waals surface area contributed by atoms with Crippen LogP contribution in [0.3, 0.4) is 0 Å². The van der Waals surface area contributed by atoms with Gasteiger partial charge in [0, 0.05) is 17.3 Å². The molecule has 98 valence electrons. The highest BCUT2D eigenvalue weighted by Crippen LogP contribution is 2.31. The van der Waals surface area contributed by atoms with Crippen molar-refractivity contribution in [1.29, 1.82) is 0 Å². The lowest BCUT2D eigenvalue weighted by Gasteiger charge is -2.30. The van der Waals surface area contributed by atoms with Crippen LogP contribution in [0.5, 0.6) is 0 Å². The van der Waals surface area contributed by atoms with E-state index in [0.717, 1.165) is 6.42 Å². The van der Waals surface area contributed by atoms with Crippen molar-refractivity contribution in [3.63, 3.8) is 0 Å². The number of anilines is 1. The van der Waals surface area contributed by atoms with Crippen LogP contribution in [-0.2, 0) is 4.74 Å². The van der Waals surface area contributed by atoms with Gasteiger partial charge in [0.05, 0.1) is 17.2 Å². The van der Waals surface area contributed by atoms with Crippen molar-refractivity contribution >= 4 is 23.3 Å². The van der Waals surface area contributed by atoms with Crippen LogP contribution in [0.1, 0.15) is 30.6 Å². The molecule has 0 aromatic heterocycles. The number of aromatic carboxylic acids is 1. The third-order valence-corrected chi connectivity index (χ3v) is 3.75. The van der Waals surface area contributed by atoms with Crippen molar-refractivity contribution in [2.24, 2.45) is 0 Å². The maximum atomic E-state index is 11.2. The van der Waals surface area contributed by atoms with Gasteiger partial charge in [-0.05, 0) is 38.5 Å². The van der Waals surface area contributed by atoms with E-state index in [1.807, 2.05) is 13.8 Å². The normalized spacial score (nSPS) is 27.2. The Labute approximate surface area is 111 Å². The Hall–Kier alpha value is -1.26. The van der Waals surface area contributed by atoms with E-state index in [0.29, 0.717) is 17.3 Å². The minimum Gasteiger partial charge on any atom is -0.478 e. The number of hydrogen-bond acceptors (Lipinski definition) is 3. The summed E-state index contributed by atoms with van der Waals surface area (Å²) in [5.74, 6) is -0.991. The van der Waals surface area contributed by atoms with Gasteiger partial charge in [-0.1, -0.05) is 11.6 Å². The molecule has 2 rings (SSSR count). The molecule has 1 heterocycles. The van der Waals surface area contributed by atoms with Crippen LogP contribution < -0.4 is 5.32 Å². The molecular formula is C13H16ClNO3. The fourth-order valence-corrected chi connectivity index (χ4v) is 2.28. The first kappa shape index (κ1) is 13.2. The smallest absolute Gasteiger partial charge is 0.337 e. The first-order chi connectivity index (χ1) is 8.42. The van der Waals surface area contributed by atoms with Gasteiger partial charge >= 0.3 is 5.97 Å². The number of benzene rings is 1. The zero-order chi connectivity index (χ0) is 13.3. The fraction of sp³-hybridized carbons (Fsp3) is 0.462.